The number of benzene rings is 1. The van der Waals surface area contributed by atoms with E-state index in [1.54, 1.807) is 18.2 Å². The molecular weight excluding hydrogens is 164 g/mol. The first kappa shape index (κ1) is 9.34. The minimum Gasteiger partial charge on any atom is -0.480 e. The van der Waals surface area contributed by atoms with Crippen LogP contribution in [0.2, 0.25) is 0 Å². The molecule has 0 aromatic heterocycles. The summed E-state index contributed by atoms with van der Waals surface area (Å²) in [5.74, 6) is 0.433. The van der Waals surface area contributed by atoms with E-state index in [4.69, 9.17) is 11.5 Å². The van der Waals surface area contributed by atoms with Crippen molar-refractivity contribution in [1.29, 1.82) is 0 Å². The monoisotopic (exact) mass is 174 g/mol. The fourth-order valence-electron chi connectivity index (χ4n) is 1.16. The van der Waals surface area contributed by atoms with Gasteiger partial charge in [-0.3, -0.25) is 4.79 Å². The molecule has 1 atom stereocenters. The molecule has 0 aliphatic rings. The van der Waals surface area contributed by atoms with E-state index in [1.165, 1.54) is 0 Å². The number of carbonyl (C=O) groups is 1. The Labute approximate surface area is 77.2 Å². The van der Waals surface area contributed by atoms with Crippen molar-refractivity contribution in [2.75, 3.05) is 0 Å². The first-order chi connectivity index (χ1) is 6.15. The van der Waals surface area contributed by atoms with Crippen LogP contribution in [0.5, 0.6) is 0 Å². The molecule has 0 amide bonds. The molecule has 1 unspecified atom stereocenters. The van der Waals surface area contributed by atoms with Crippen molar-refractivity contribution in [2.24, 2.45) is 0 Å². The summed E-state index contributed by atoms with van der Waals surface area (Å²) in [6, 6.07) is 7.22. The van der Waals surface area contributed by atoms with Gasteiger partial charge in [0.2, 0.25) is 0 Å². The van der Waals surface area contributed by atoms with Crippen LogP contribution in [0.25, 0.3) is 0 Å². The highest BCUT2D eigenvalue weighted by Crippen LogP contribution is 2.16. The summed E-state index contributed by atoms with van der Waals surface area (Å²) in [5.41, 5.74) is 1.68. The van der Waals surface area contributed by atoms with E-state index < -0.39 is 11.9 Å². The lowest BCUT2D eigenvalue weighted by atomic mass is 9.99. The Morgan fingerprint density at radius 3 is 2.77 bits per heavy atom. The second kappa shape index (κ2) is 3.77. The zero-order chi connectivity index (χ0) is 9.84. The normalized spacial score (nSPS) is 11.7. The van der Waals surface area contributed by atoms with E-state index in [0.29, 0.717) is 5.56 Å². The predicted molar refractivity (Wildman–Crippen MR) is 50.4 cm³/mol. The van der Waals surface area contributed by atoms with Crippen molar-refractivity contribution in [2.45, 2.75) is 12.8 Å². The Balaban J connectivity index is 3.07. The van der Waals surface area contributed by atoms with Crippen LogP contribution >= 0.6 is 0 Å². The van der Waals surface area contributed by atoms with Gasteiger partial charge in [-0.05, 0) is 12.5 Å². The molecule has 0 aliphatic heterocycles. The smallest absolute Gasteiger partial charge is 0.323 e. The lowest BCUT2D eigenvalue weighted by molar-refractivity contribution is -0.137. The molecule has 1 N–H and O–H groups in total. The van der Waals surface area contributed by atoms with Gasteiger partial charge < -0.3 is 5.11 Å². The Morgan fingerprint density at radius 1 is 1.62 bits per heavy atom. The number of carboxylic acids is 1. The molecule has 0 heterocycles. The molecule has 1 aromatic carbocycles. The number of carboxylic acid groups (broad SMARTS) is 1. The predicted octanol–water partition coefficient (Wildman–Crippen LogP) is 1.80. The molecule has 0 aliphatic carbocycles. The van der Waals surface area contributed by atoms with E-state index in [2.05, 4.69) is 5.92 Å². The number of aliphatic carboxylic acids is 1. The molecule has 0 fully saturated rings. The van der Waals surface area contributed by atoms with Crippen LogP contribution in [-0.2, 0) is 4.79 Å². The van der Waals surface area contributed by atoms with Crippen molar-refractivity contribution in [3.8, 4) is 12.3 Å². The lowest BCUT2D eigenvalue weighted by Crippen LogP contribution is -2.09. The number of hydrogen-bond donors (Lipinski definition) is 1. The minimum atomic E-state index is -0.979. The topological polar surface area (TPSA) is 37.3 Å². The summed E-state index contributed by atoms with van der Waals surface area (Å²) >= 11 is 0. The van der Waals surface area contributed by atoms with Crippen molar-refractivity contribution in [1.82, 2.24) is 0 Å². The minimum absolute atomic E-state index is 0.662. The molecule has 2 nitrogen and oxygen atoms in total. The number of aryl methyl sites for hydroxylation is 1. The van der Waals surface area contributed by atoms with E-state index >= 15 is 0 Å². The molecule has 0 saturated carbocycles. The first-order valence-electron chi connectivity index (χ1n) is 3.90. The zero-order valence-corrected chi connectivity index (χ0v) is 7.32. The van der Waals surface area contributed by atoms with Gasteiger partial charge in [0.25, 0.3) is 0 Å². The van der Waals surface area contributed by atoms with Crippen molar-refractivity contribution in [3.63, 3.8) is 0 Å². The van der Waals surface area contributed by atoms with Crippen LogP contribution < -0.4 is 0 Å². The van der Waals surface area contributed by atoms with E-state index in [-0.39, 0.29) is 0 Å². The Bertz CT molecular complexity index is 361. The van der Waals surface area contributed by atoms with Crippen LogP contribution in [-0.4, -0.2) is 11.1 Å². The second-order valence-electron chi connectivity index (χ2n) is 2.85. The summed E-state index contributed by atoms with van der Waals surface area (Å²) in [4.78, 5) is 10.7. The maximum Gasteiger partial charge on any atom is 0.323 e. The second-order valence-corrected chi connectivity index (χ2v) is 2.85. The molecule has 0 radical (unpaired) electrons. The molecule has 0 spiro atoms. The Kier molecular flexibility index (Phi) is 2.71. The zero-order valence-electron chi connectivity index (χ0n) is 7.32. The third-order valence-electron chi connectivity index (χ3n) is 1.79. The summed E-state index contributed by atoms with van der Waals surface area (Å²) < 4.78 is 0. The van der Waals surface area contributed by atoms with E-state index in [1.807, 2.05) is 13.0 Å². The third-order valence-corrected chi connectivity index (χ3v) is 1.79. The van der Waals surface area contributed by atoms with Gasteiger partial charge in [-0.1, -0.05) is 35.7 Å². The molecular formula is C11H10O2. The quantitative estimate of drug-likeness (QED) is 0.694. The highest BCUT2D eigenvalue weighted by Gasteiger charge is 2.15. The maximum atomic E-state index is 10.7. The van der Waals surface area contributed by atoms with E-state index in [0.717, 1.165) is 5.56 Å². The largest absolute Gasteiger partial charge is 0.480 e. The SMILES string of the molecule is C#CC(C(=O)O)c1cccc(C)c1. The fourth-order valence-corrected chi connectivity index (χ4v) is 1.16. The molecule has 13 heavy (non-hydrogen) atoms. The van der Waals surface area contributed by atoms with Gasteiger partial charge in [-0.25, -0.2) is 0 Å². The van der Waals surface area contributed by atoms with E-state index in [9.17, 15) is 4.79 Å². The summed E-state index contributed by atoms with van der Waals surface area (Å²) in [5, 5.41) is 8.78. The van der Waals surface area contributed by atoms with Crippen molar-refractivity contribution < 1.29 is 9.90 Å². The van der Waals surface area contributed by atoms with Crippen molar-refractivity contribution >= 4 is 5.97 Å². The number of hydrogen-bond acceptors (Lipinski definition) is 1. The van der Waals surface area contributed by atoms with Crippen molar-refractivity contribution in [3.05, 3.63) is 35.4 Å². The Morgan fingerprint density at radius 2 is 2.31 bits per heavy atom. The number of rotatable bonds is 2. The summed E-state index contributed by atoms with van der Waals surface area (Å²) in [6.45, 7) is 1.90. The third kappa shape index (κ3) is 2.09. The van der Waals surface area contributed by atoms with Gasteiger partial charge in [0.15, 0.2) is 0 Å². The van der Waals surface area contributed by atoms with Gasteiger partial charge in [0.05, 0.1) is 0 Å². The molecule has 2 heteroatoms. The summed E-state index contributed by atoms with van der Waals surface area (Å²) in [6.07, 6.45) is 5.12. The van der Waals surface area contributed by atoms with Crippen LogP contribution in [0.15, 0.2) is 24.3 Å². The molecule has 0 bridgehead atoms. The van der Waals surface area contributed by atoms with Crippen LogP contribution in [0.1, 0.15) is 17.0 Å². The maximum absolute atomic E-state index is 10.7. The highest BCUT2D eigenvalue weighted by molar-refractivity contribution is 5.79. The van der Waals surface area contributed by atoms with Gasteiger partial charge in [0.1, 0.15) is 5.92 Å². The molecule has 66 valence electrons. The fraction of sp³-hybridized carbons (Fsp3) is 0.182. The molecule has 0 saturated heterocycles. The average molecular weight is 174 g/mol. The Hall–Kier alpha value is -1.75. The average Bonchev–Trinajstić information content (AvgIpc) is 2.04. The van der Waals surface area contributed by atoms with Gasteiger partial charge >= 0.3 is 5.97 Å². The van der Waals surface area contributed by atoms with Crippen LogP contribution in [0.3, 0.4) is 0 Å². The molecule has 1 aromatic rings. The number of terminal acetylenes is 1. The van der Waals surface area contributed by atoms with Gasteiger partial charge in [0, 0.05) is 0 Å². The van der Waals surface area contributed by atoms with Crippen LogP contribution in [0, 0.1) is 19.3 Å². The van der Waals surface area contributed by atoms with Gasteiger partial charge in [-0.2, -0.15) is 0 Å². The first-order valence-corrected chi connectivity index (χ1v) is 3.90. The standard InChI is InChI=1S/C11H10O2/c1-3-10(11(12)13)9-6-4-5-8(2)7-9/h1,4-7,10H,2H3,(H,12,13). The summed E-state index contributed by atoms with van der Waals surface area (Å²) in [7, 11) is 0. The van der Waals surface area contributed by atoms with Gasteiger partial charge in [-0.15, -0.1) is 6.42 Å². The lowest BCUT2D eigenvalue weighted by Gasteiger charge is -2.05. The van der Waals surface area contributed by atoms with Crippen LogP contribution in [0.4, 0.5) is 0 Å². The highest BCUT2D eigenvalue weighted by atomic mass is 16.4. The molecule has 1 rings (SSSR count).